The number of amides is 1. The van der Waals surface area contributed by atoms with E-state index >= 15 is 0 Å². The minimum Gasteiger partial charge on any atom is -0.480 e. The highest BCUT2D eigenvalue weighted by Crippen LogP contribution is 2.26. The van der Waals surface area contributed by atoms with Gasteiger partial charge in [0.15, 0.2) is 5.69 Å². The van der Waals surface area contributed by atoms with Gasteiger partial charge in [0, 0.05) is 13.1 Å². The summed E-state index contributed by atoms with van der Waals surface area (Å²) in [5, 5.41) is 16.0. The molecule has 2 unspecified atom stereocenters. The van der Waals surface area contributed by atoms with Crippen LogP contribution in [-0.2, 0) is 16.1 Å². The minimum atomic E-state index is -1.02. The van der Waals surface area contributed by atoms with E-state index in [1.165, 1.54) is 6.20 Å². The molecule has 0 radical (unpaired) electrons. The molecule has 8 nitrogen and oxygen atoms in total. The van der Waals surface area contributed by atoms with Gasteiger partial charge in [0.05, 0.1) is 18.4 Å². The van der Waals surface area contributed by atoms with Gasteiger partial charge in [0.25, 0.3) is 5.91 Å². The SMILES string of the molecule is O=C(O)Cn1cc(C(=O)N2CC3CCC(C2)O3)nn1. The molecule has 19 heavy (non-hydrogen) atoms. The van der Waals surface area contributed by atoms with Gasteiger partial charge in [0.1, 0.15) is 6.54 Å². The standard InChI is InChI=1S/C11H14N4O4/c16-10(17)6-15-5-9(12-13-15)11(18)14-3-7-1-2-8(4-14)19-7/h5,7-8H,1-4,6H2,(H,16,17). The molecule has 2 fully saturated rings. The van der Waals surface area contributed by atoms with Crippen molar-refractivity contribution < 1.29 is 19.4 Å². The fourth-order valence-electron chi connectivity index (χ4n) is 2.55. The number of carboxylic acids is 1. The van der Waals surface area contributed by atoms with E-state index in [-0.39, 0.29) is 30.4 Å². The molecule has 1 amide bonds. The minimum absolute atomic E-state index is 0.122. The number of nitrogens with zero attached hydrogens (tertiary/aromatic N) is 4. The lowest BCUT2D eigenvalue weighted by atomic mass is 10.2. The van der Waals surface area contributed by atoms with Crippen molar-refractivity contribution in [2.75, 3.05) is 13.1 Å². The van der Waals surface area contributed by atoms with E-state index in [1.54, 1.807) is 4.90 Å². The zero-order valence-electron chi connectivity index (χ0n) is 10.2. The van der Waals surface area contributed by atoms with Crippen LogP contribution in [-0.4, -0.2) is 62.2 Å². The Kier molecular flexibility index (Phi) is 2.94. The maximum absolute atomic E-state index is 12.2. The van der Waals surface area contributed by atoms with Crippen LogP contribution < -0.4 is 0 Å². The summed E-state index contributed by atoms with van der Waals surface area (Å²) in [6.07, 6.45) is 3.59. The van der Waals surface area contributed by atoms with Crippen molar-refractivity contribution in [1.29, 1.82) is 0 Å². The summed E-state index contributed by atoms with van der Waals surface area (Å²) >= 11 is 0. The molecule has 2 saturated heterocycles. The second-order valence-electron chi connectivity index (χ2n) is 4.86. The van der Waals surface area contributed by atoms with Crippen LogP contribution in [0.15, 0.2) is 6.20 Å². The second kappa shape index (κ2) is 4.61. The Hall–Kier alpha value is -1.96. The van der Waals surface area contributed by atoms with Crippen LogP contribution in [0.5, 0.6) is 0 Å². The second-order valence-corrected chi connectivity index (χ2v) is 4.86. The van der Waals surface area contributed by atoms with Gasteiger partial charge < -0.3 is 14.7 Å². The molecule has 1 N–H and O–H groups in total. The molecule has 3 rings (SSSR count). The number of morpholine rings is 1. The summed E-state index contributed by atoms with van der Waals surface area (Å²) < 4.78 is 6.80. The monoisotopic (exact) mass is 266 g/mol. The largest absolute Gasteiger partial charge is 0.480 e. The molecule has 2 atom stereocenters. The zero-order valence-corrected chi connectivity index (χ0v) is 10.2. The summed E-state index contributed by atoms with van der Waals surface area (Å²) in [7, 11) is 0. The molecule has 0 spiro atoms. The van der Waals surface area contributed by atoms with Crippen molar-refractivity contribution in [3.05, 3.63) is 11.9 Å². The summed E-state index contributed by atoms with van der Waals surface area (Å²) in [5.74, 6) is -1.23. The third kappa shape index (κ3) is 2.43. The summed E-state index contributed by atoms with van der Waals surface area (Å²) in [6.45, 7) is 0.844. The van der Waals surface area contributed by atoms with E-state index in [4.69, 9.17) is 9.84 Å². The van der Waals surface area contributed by atoms with Gasteiger partial charge in [0.2, 0.25) is 0 Å². The molecular formula is C11H14N4O4. The third-order valence-electron chi connectivity index (χ3n) is 3.39. The van der Waals surface area contributed by atoms with Gasteiger partial charge in [-0.1, -0.05) is 5.21 Å². The molecule has 3 heterocycles. The molecule has 2 aliphatic heterocycles. The van der Waals surface area contributed by atoms with Crippen LogP contribution >= 0.6 is 0 Å². The van der Waals surface area contributed by atoms with Crippen LogP contribution in [0.25, 0.3) is 0 Å². The first-order valence-corrected chi connectivity index (χ1v) is 6.18. The average molecular weight is 266 g/mol. The zero-order chi connectivity index (χ0) is 13.4. The van der Waals surface area contributed by atoms with Crippen LogP contribution in [0.2, 0.25) is 0 Å². The van der Waals surface area contributed by atoms with E-state index in [0.717, 1.165) is 17.5 Å². The van der Waals surface area contributed by atoms with E-state index in [0.29, 0.717) is 13.1 Å². The number of hydrogen-bond acceptors (Lipinski definition) is 5. The highest BCUT2D eigenvalue weighted by Gasteiger charge is 2.36. The first-order chi connectivity index (χ1) is 9.11. The molecule has 2 aliphatic rings. The van der Waals surface area contributed by atoms with Gasteiger partial charge in [-0.2, -0.15) is 0 Å². The summed E-state index contributed by atoms with van der Waals surface area (Å²) in [5.41, 5.74) is 0.183. The Bertz CT molecular complexity index is 503. The Morgan fingerprint density at radius 1 is 1.37 bits per heavy atom. The number of aromatic nitrogens is 3. The molecule has 1 aromatic heterocycles. The maximum atomic E-state index is 12.2. The van der Waals surface area contributed by atoms with Crippen molar-refractivity contribution in [2.24, 2.45) is 0 Å². The van der Waals surface area contributed by atoms with E-state index < -0.39 is 5.97 Å². The molecular weight excluding hydrogens is 252 g/mol. The van der Waals surface area contributed by atoms with E-state index in [2.05, 4.69) is 10.3 Å². The smallest absolute Gasteiger partial charge is 0.325 e. The number of rotatable bonds is 3. The Morgan fingerprint density at radius 3 is 2.68 bits per heavy atom. The molecule has 102 valence electrons. The first-order valence-electron chi connectivity index (χ1n) is 6.18. The Labute approximate surface area is 108 Å². The molecule has 0 saturated carbocycles. The van der Waals surface area contributed by atoms with Crippen LogP contribution in [0.3, 0.4) is 0 Å². The number of likely N-dealkylation sites (tertiary alicyclic amines) is 1. The van der Waals surface area contributed by atoms with E-state index in [9.17, 15) is 9.59 Å². The predicted molar refractivity (Wildman–Crippen MR) is 61.5 cm³/mol. The van der Waals surface area contributed by atoms with Crippen LogP contribution in [0, 0.1) is 0 Å². The Morgan fingerprint density at radius 2 is 2.05 bits per heavy atom. The molecule has 8 heteroatoms. The maximum Gasteiger partial charge on any atom is 0.325 e. The van der Waals surface area contributed by atoms with Gasteiger partial charge in [-0.15, -0.1) is 5.10 Å². The molecule has 0 aromatic carbocycles. The quantitative estimate of drug-likeness (QED) is 0.782. The highest BCUT2D eigenvalue weighted by molar-refractivity contribution is 5.92. The van der Waals surface area contributed by atoms with Crippen molar-refractivity contribution in [3.8, 4) is 0 Å². The number of fused-ring (bicyclic) bond motifs is 2. The lowest BCUT2D eigenvalue weighted by Gasteiger charge is -2.31. The number of aliphatic carboxylic acids is 1. The van der Waals surface area contributed by atoms with Gasteiger partial charge in [-0.3, -0.25) is 9.59 Å². The van der Waals surface area contributed by atoms with Crippen molar-refractivity contribution in [1.82, 2.24) is 19.9 Å². The van der Waals surface area contributed by atoms with Crippen molar-refractivity contribution >= 4 is 11.9 Å². The predicted octanol–water partition coefficient (Wildman–Crippen LogP) is -0.634. The third-order valence-corrected chi connectivity index (χ3v) is 3.39. The van der Waals surface area contributed by atoms with Crippen molar-refractivity contribution in [3.63, 3.8) is 0 Å². The van der Waals surface area contributed by atoms with E-state index in [1.807, 2.05) is 0 Å². The normalized spacial score (nSPS) is 25.6. The fraction of sp³-hybridized carbons (Fsp3) is 0.636. The molecule has 1 aromatic rings. The number of ether oxygens (including phenoxy) is 1. The molecule has 0 aliphatic carbocycles. The number of carboxylic acid groups (broad SMARTS) is 1. The van der Waals surface area contributed by atoms with Crippen LogP contribution in [0.1, 0.15) is 23.3 Å². The average Bonchev–Trinajstić information content (AvgIpc) is 2.95. The number of hydrogen-bond donors (Lipinski definition) is 1. The van der Waals surface area contributed by atoms with Gasteiger partial charge in [-0.25, -0.2) is 4.68 Å². The number of carbonyl (C=O) groups is 2. The van der Waals surface area contributed by atoms with Crippen LogP contribution in [0.4, 0.5) is 0 Å². The van der Waals surface area contributed by atoms with Gasteiger partial charge in [-0.05, 0) is 12.8 Å². The van der Waals surface area contributed by atoms with Gasteiger partial charge >= 0.3 is 5.97 Å². The number of carbonyl (C=O) groups excluding carboxylic acids is 1. The van der Waals surface area contributed by atoms with Crippen molar-refractivity contribution in [2.45, 2.75) is 31.6 Å². The lowest BCUT2D eigenvalue weighted by molar-refractivity contribution is -0.137. The summed E-state index contributed by atoms with van der Waals surface area (Å²) in [4.78, 5) is 24.5. The summed E-state index contributed by atoms with van der Waals surface area (Å²) in [6, 6.07) is 0. The fourth-order valence-corrected chi connectivity index (χ4v) is 2.55. The highest BCUT2D eigenvalue weighted by atomic mass is 16.5. The lowest BCUT2D eigenvalue weighted by Crippen LogP contribution is -2.45. The topological polar surface area (TPSA) is 97.5 Å². The molecule has 2 bridgehead atoms. The Balaban J connectivity index is 1.69. The first kappa shape index (κ1) is 12.1.